The lowest BCUT2D eigenvalue weighted by molar-refractivity contribution is -0.138. The molecule has 1 aliphatic carbocycles. The number of carbonyl (C=O) groups excluding carboxylic acids is 1. The Hall–Kier alpha value is -1.08. The molecule has 0 radical (unpaired) electrons. The number of nitriles is 1. The van der Waals surface area contributed by atoms with E-state index < -0.39 is 5.41 Å². The fourth-order valence-corrected chi connectivity index (χ4v) is 3.63. The Labute approximate surface area is 116 Å². The molecule has 1 saturated carbocycles. The van der Waals surface area contributed by atoms with Crippen molar-refractivity contribution in [2.75, 3.05) is 26.7 Å². The van der Waals surface area contributed by atoms with Crippen molar-refractivity contribution in [3.63, 3.8) is 0 Å². The minimum absolute atomic E-state index is 0.0513. The molecule has 1 heterocycles. The molecule has 0 bridgehead atoms. The van der Waals surface area contributed by atoms with E-state index in [0.717, 1.165) is 45.3 Å². The second kappa shape index (κ2) is 5.92. The highest BCUT2D eigenvalue weighted by Crippen LogP contribution is 2.39. The summed E-state index contributed by atoms with van der Waals surface area (Å²) in [5.74, 6) is 0.0513. The van der Waals surface area contributed by atoms with Crippen molar-refractivity contribution in [3.8, 4) is 6.07 Å². The minimum Gasteiger partial charge on any atom is -0.343 e. The number of rotatable bonds is 4. The summed E-state index contributed by atoms with van der Waals surface area (Å²) in [6.07, 6.45) is 5.91. The average Bonchev–Trinajstić information content (AvgIpc) is 3.06. The number of hydrogen-bond acceptors (Lipinski definition) is 3. The zero-order valence-corrected chi connectivity index (χ0v) is 12.2. The Balaban J connectivity index is 1.97. The van der Waals surface area contributed by atoms with Crippen LogP contribution in [0.15, 0.2) is 0 Å². The summed E-state index contributed by atoms with van der Waals surface area (Å²) in [5.41, 5.74) is -0.718. The van der Waals surface area contributed by atoms with Gasteiger partial charge in [0, 0.05) is 19.6 Å². The third-order valence-corrected chi connectivity index (χ3v) is 4.82. The molecule has 2 rings (SSSR count). The Morgan fingerprint density at radius 2 is 2.11 bits per heavy atom. The molecule has 0 aromatic carbocycles. The van der Waals surface area contributed by atoms with Gasteiger partial charge in [-0.2, -0.15) is 5.26 Å². The highest BCUT2D eigenvalue weighted by molar-refractivity contribution is 5.85. The molecule has 2 aliphatic rings. The molecule has 0 aromatic rings. The van der Waals surface area contributed by atoms with Crippen LogP contribution in [0.4, 0.5) is 0 Å². The van der Waals surface area contributed by atoms with Gasteiger partial charge in [0.25, 0.3) is 0 Å². The fourth-order valence-electron chi connectivity index (χ4n) is 3.63. The van der Waals surface area contributed by atoms with E-state index in [9.17, 15) is 10.1 Å². The molecule has 1 amide bonds. The van der Waals surface area contributed by atoms with E-state index in [4.69, 9.17) is 0 Å². The Morgan fingerprint density at radius 1 is 1.42 bits per heavy atom. The molecule has 1 atom stereocenters. The van der Waals surface area contributed by atoms with Crippen LogP contribution in [0.3, 0.4) is 0 Å². The molecule has 4 heteroatoms. The highest BCUT2D eigenvalue weighted by Gasteiger charge is 2.43. The van der Waals surface area contributed by atoms with E-state index in [-0.39, 0.29) is 5.91 Å². The van der Waals surface area contributed by atoms with Crippen LogP contribution in [0.5, 0.6) is 0 Å². The van der Waals surface area contributed by atoms with Crippen LogP contribution in [0.2, 0.25) is 0 Å². The van der Waals surface area contributed by atoms with Crippen LogP contribution < -0.4 is 0 Å². The first kappa shape index (κ1) is 14.3. The highest BCUT2D eigenvalue weighted by atomic mass is 16.2. The van der Waals surface area contributed by atoms with E-state index in [2.05, 4.69) is 17.9 Å². The van der Waals surface area contributed by atoms with E-state index in [1.165, 1.54) is 12.8 Å². The van der Waals surface area contributed by atoms with Crippen LogP contribution in [0.1, 0.15) is 45.4 Å². The topological polar surface area (TPSA) is 47.3 Å². The minimum atomic E-state index is -0.718. The van der Waals surface area contributed by atoms with Gasteiger partial charge in [-0.15, -0.1) is 0 Å². The first-order chi connectivity index (χ1) is 9.13. The van der Waals surface area contributed by atoms with Crippen LogP contribution >= 0.6 is 0 Å². The predicted molar refractivity (Wildman–Crippen MR) is 74.4 cm³/mol. The molecule has 4 nitrogen and oxygen atoms in total. The largest absolute Gasteiger partial charge is 0.343 e. The van der Waals surface area contributed by atoms with Gasteiger partial charge in [0.05, 0.1) is 6.07 Å². The lowest BCUT2D eigenvalue weighted by Gasteiger charge is -2.31. The third-order valence-electron chi connectivity index (χ3n) is 4.82. The molecule has 1 aliphatic heterocycles. The van der Waals surface area contributed by atoms with Crippen LogP contribution in [-0.4, -0.2) is 48.4 Å². The summed E-state index contributed by atoms with van der Waals surface area (Å²) in [6, 6.07) is 2.79. The van der Waals surface area contributed by atoms with Gasteiger partial charge < -0.3 is 4.90 Å². The molecular weight excluding hydrogens is 238 g/mol. The maximum atomic E-state index is 12.6. The first-order valence-corrected chi connectivity index (χ1v) is 7.54. The predicted octanol–water partition coefficient (Wildman–Crippen LogP) is 2.01. The number of likely N-dealkylation sites (N-methyl/N-ethyl adjacent to an activating group) is 2. The molecular formula is C15H25N3O. The lowest BCUT2D eigenvalue weighted by Crippen LogP contribution is -2.46. The van der Waals surface area contributed by atoms with E-state index >= 15 is 0 Å². The van der Waals surface area contributed by atoms with Gasteiger partial charge >= 0.3 is 0 Å². The summed E-state index contributed by atoms with van der Waals surface area (Å²) < 4.78 is 0. The molecule has 0 aromatic heterocycles. The van der Waals surface area contributed by atoms with Crippen molar-refractivity contribution >= 4 is 5.91 Å². The van der Waals surface area contributed by atoms with Crippen molar-refractivity contribution in [2.24, 2.45) is 5.41 Å². The monoisotopic (exact) mass is 263 g/mol. The SMILES string of the molecule is CCN1CCCC1CN(C)C(=O)C1(C#N)CCCC1. The second-order valence-electron chi connectivity index (χ2n) is 6.01. The lowest BCUT2D eigenvalue weighted by atomic mass is 9.86. The van der Waals surface area contributed by atoms with Crippen LogP contribution in [0, 0.1) is 16.7 Å². The summed E-state index contributed by atoms with van der Waals surface area (Å²) in [5, 5.41) is 9.39. The number of likely N-dealkylation sites (tertiary alicyclic amines) is 1. The van der Waals surface area contributed by atoms with Crippen molar-refractivity contribution < 1.29 is 4.79 Å². The van der Waals surface area contributed by atoms with E-state index in [1.807, 2.05) is 11.9 Å². The van der Waals surface area contributed by atoms with E-state index in [1.54, 1.807) is 0 Å². The second-order valence-corrected chi connectivity index (χ2v) is 6.01. The summed E-state index contributed by atoms with van der Waals surface area (Å²) in [4.78, 5) is 16.8. The zero-order valence-electron chi connectivity index (χ0n) is 12.2. The fraction of sp³-hybridized carbons (Fsp3) is 0.867. The Morgan fingerprint density at radius 3 is 2.68 bits per heavy atom. The molecule has 0 spiro atoms. The molecule has 19 heavy (non-hydrogen) atoms. The van der Waals surface area contributed by atoms with Gasteiger partial charge in [0.15, 0.2) is 0 Å². The Bertz CT molecular complexity index is 368. The third kappa shape index (κ3) is 2.76. The van der Waals surface area contributed by atoms with Gasteiger partial charge in [-0.05, 0) is 38.8 Å². The van der Waals surface area contributed by atoms with Crippen molar-refractivity contribution in [1.82, 2.24) is 9.80 Å². The molecule has 1 unspecified atom stereocenters. The van der Waals surface area contributed by atoms with Crippen molar-refractivity contribution in [1.29, 1.82) is 5.26 Å². The average molecular weight is 263 g/mol. The van der Waals surface area contributed by atoms with Gasteiger partial charge in [-0.3, -0.25) is 9.69 Å². The van der Waals surface area contributed by atoms with Gasteiger partial charge in [-0.1, -0.05) is 19.8 Å². The van der Waals surface area contributed by atoms with Gasteiger partial charge in [0.2, 0.25) is 5.91 Å². The zero-order chi connectivity index (χ0) is 13.9. The van der Waals surface area contributed by atoms with Crippen LogP contribution in [-0.2, 0) is 4.79 Å². The number of carbonyl (C=O) groups is 1. The molecule has 2 fully saturated rings. The quantitative estimate of drug-likeness (QED) is 0.779. The van der Waals surface area contributed by atoms with Gasteiger partial charge in [-0.25, -0.2) is 0 Å². The maximum Gasteiger partial charge on any atom is 0.242 e. The first-order valence-electron chi connectivity index (χ1n) is 7.54. The molecule has 106 valence electrons. The summed E-state index contributed by atoms with van der Waals surface area (Å²) >= 11 is 0. The standard InChI is InChI=1S/C15H25N3O/c1-3-18-10-6-7-13(18)11-17(2)14(19)15(12-16)8-4-5-9-15/h13H,3-11H2,1-2H3. The molecule has 0 N–H and O–H groups in total. The summed E-state index contributed by atoms with van der Waals surface area (Å²) in [7, 11) is 1.87. The smallest absolute Gasteiger partial charge is 0.242 e. The number of nitrogens with zero attached hydrogens (tertiary/aromatic N) is 3. The normalized spacial score (nSPS) is 26.3. The number of amides is 1. The van der Waals surface area contributed by atoms with E-state index in [0.29, 0.717) is 6.04 Å². The van der Waals surface area contributed by atoms with Crippen molar-refractivity contribution in [3.05, 3.63) is 0 Å². The molecule has 1 saturated heterocycles. The van der Waals surface area contributed by atoms with Gasteiger partial charge in [0.1, 0.15) is 5.41 Å². The number of hydrogen-bond donors (Lipinski definition) is 0. The Kier molecular flexibility index (Phi) is 4.46. The summed E-state index contributed by atoms with van der Waals surface area (Å²) in [6.45, 7) is 5.15. The van der Waals surface area contributed by atoms with Crippen molar-refractivity contribution in [2.45, 2.75) is 51.5 Å². The van der Waals surface area contributed by atoms with Crippen LogP contribution in [0.25, 0.3) is 0 Å². The maximum absolute atomic E-state index is 12.6.